The molecule has 1 saturated heterocycles. The van der Waals surface area contributed by atoms with Crippen LogP contribution in [0.15, 0.2) is 76.7 Å². The lowest BCUT2D eigenvalue weighted by molar-refractivity contribution is 0.585. The first kappa shape index (κ1) is 23.8. The fraction of sp³-hybridized carbons (Fsp3) is 0.192. The Bertz CT molecular complexity index is 1350. The topological polar surface area (TPSA) is 80.6 Å². The van der Waals surface area contributed by atoms with Crippen LogP contribution in [-0.2, 0) is 0 Å². The molecule has 3 aromatic rings. The first-order valence-electron chi connectivity index (χ1n) is 10.9. The van der Waals surface area contributed by atoms with Crippen molar-refractivity contribution in [1.29, 1.82) is 5.26 Å². The van der Waals surface area contributed by atoms with Gasteiger partial charge in [-0.2, -0.15) is 5.26 Å². The molecule has 34 heavy (non-hydrogen) atoms. The Morgan fingerprint density at radius 3 is 2.71 bits per heavy atom. The van der Waals surface area contributed by atoms with E-state index in [1.807, 2.05) is 24.7 Å². The number of hydrogen-bond donors (Lipinski definition) is 2. The van der Waals surface area contributed by atoms with Crippen LogP contribution in [0.25, 0.3) is 28.2 Å². The summed E-state index contributed by atoms with van der Waals surface area (Å²) >= 11 is 12.7. The summed E-state index contributed by atoms with van der Waals surface area (Å²) in [6, 6.07) is 8.36. The van der Waals surface area contributed by atoms with Gasteiger partial charge in [-0.3, -0.25) is 0 Å². The van der Waals surface area contributed by atoms with E-state index in [9.17, 15) is 5.26 Å². The minimum Gasteiger partial charge on any atom is -0.354 e. The normalized spacial score (nSPS) is 15.8. The van der Waals surface area contributed by atoms with Gasteiger partial charge in [-0.05, 0) is 42.8 Å². The van der Waals surface area contributed by atoms with Crippen molar-refractivity contribution in [3.63, 3.8) is 0 Å². The molecule has 0 bridgehead atoms. The third-order valence-electron chi connectivity index (χ3n) is 5.62. The van der Waals surface area contributed by atoms with Crippen LogP contribution in [0.2, 0.25) is 0 Å². The molecule has 3 aromatic heterocycles. The molecule has 0 atom stereocenters. The van der Waals surface area contributed by atoms with E-state index in [4.69, 9.17) is 23.2 Å². The molecule has 1 fully saturated rings. The molecule has 0 radical (unpaired) electrons. The number of halogens is 2. The molecular formula is C26H24Cl2N6. The summed E-state index contributed by atoms with van der Waals surface area (Å²) in [5, 5.41) is 14.9. The Hall–Kier alpha value is -3.37. The lowest BCUT2D eigenvalue weighted by Crippen LogP contribution is -2.43. The van der Waals surface area contributed by atoms with Crippen molar-refractivity contribution in [3.05, 3.63) is 82.3 Å². The van der Waals surface area contributed by atoms with E-state index in [1.165, 1.54) is 0 Å². The monoisotopic (exact) mass is 490 g/mol. The highest BCUT2D eigenvalue weighted by atomic mass is 35.5. The highest BCUT2D eigenvalue weighted by Gasteiger charge is 2.15. The van der Waals surface area contributed by atoms with Crippen LogP contribution in [-0.4, -0.2) is 41.1 Å². The fourth-order valence-electron chi connectivity index (χ4n) is 3.95. The highest BCUT2D eigenvalue weighted by molar-refractivity contribution is 6.36. The number of nitrogens with one attached hydrogen (secondary N) is 2. The molecular weight excluding hydrogens is 467 g/mol. The molecule has 0 unspecified atom stereocenters. The van der Waals surface area contributed by atoms with Crippen LogP contribution in [0.5, 0.6) is 0 Å². The number of aromatic amines is 1. The maximum Gasteiger partial charge on any atom is 0.137 e. The zero-order valence-corrected chi connectivity index (χ0v) is 20.3. The zero-order chi connectivity index (χ0) is 24.1. The Labute approximate surface area is 208 Å². The van der Waals surface area contributed by atoms with Crippen molar-refractivity contribution in [2.45, 2.75) is 6.92 Å². The summed E-state index contributed by atoms with van der Waals surface area (Å²) in [6.45, 7) is 9.12. The largest absolute Gasteiger partial charge is 0.354 e. The lowest BCUT2D eigenvalue weighted by Gasteiger charge is -2.28. The second kappa shape index (κ2) is 10.7. The number of pyridine rings is 2. The molecule has 172 valence electrons. The average Bonchev–Trinajstić information content (AvgIpc) is 3.26. The molecule has 6 nitrogen and oxygen atoms in total. The molecule has 0 spiro atoms. The molecule has 8 heteroatoms. The first-order valence-corrected chi connectivity index (χ1v) is 11.6. The average molecular weight is 491 g/mol. The van der Waals surface area contributed by atoms with E-state index in [-0.39, 0.29) is 0 Å². The summed E-state index contributed by atoms with van der Waals surface area (Å²) in [6.07, 6.45) is 10.4. The van der Waals surface area contributed by atoms with Crippen LogP contribution in [0.3, 0.4) is 0 Å². The molecule has 0 amide bonds. The lowest BCUT2D eigenvalue weighted by atomic mass is 10.0. The molecule has 2 N–H and O–H groups in total. The second-order valence-electron chi connectivity index (χ2n) is 7.83. The standard InChI is InChI=1S/C26H24Cl2N6/c1-3-4-23(28)25(17(2)27)19(14-29)11-21-16-33-26-22(21)12-20(15-32-26)18-5-6-31-24(13-18)34-9-7-30-8-10-34/h3-6,11-13,15-16,30H,1,7-10H2,2H3,(H,32,33)/b19-11+,23-4+,25-17+. The number of H-pyrrole nitrogens is 1. The number of nitriles is 1. The molecule has 1 aliphatic rings. The number of anilines is 1. The van der Waals surface area contributed by atoms with Crippen molar-refractivity contribution < 1.29 is 0 Å². The van der Waals surface area contributed by atoms with E-state index in [1.54, 1.807) is 25.2 Å². The summed E-state index contributed by atoms with van der Waals surface area (Å²) in [5.41, 5.74) is 4.36. The number of aromatic nitrogens is 3. The Kier molecular flexibility index (Phi) is 7.49. The number of rotatable bonds is 6. The van der Waals surface area contributed by atoms with Gasteiger partial charge < -0.3 is 15.2 Å². The van der Waals surface area contributed by atoms with E-state index in [0.717, 1.165) is 59.7 Å². The maximum atomic E-state index is 9.86. The van der Waals surface area contributed by atoms with Gasteiger partial charge in [0, 0.05) is 71.9 Å². The van der Waals surface area contributed by atoms with Gasteiger partial charge in [0.2, 0.25) is 0 Å². The van der Waals surface area contributed by atoms with Gasteiger partial charge in [-0.25, -0.2) is 9.97 Å². The summed E-state index contributed by atoms with van der Waals surface area (Å²) in [7, 11) is 0. The van der Waals surface area contributed by atoms with Crippen molar-refractivity contribution in [1.82, 2.24) is 20.3 Å². The molecule has 1 aliphatic heterocycles. The van der Waals surface area contributed by atoms with Gasteiger partial charge in [0.1, 0.15) is 11.5 Å². The predicted octanol–water partition coefficient (Wildman–Crippen LogP) is 5.76. The van der Waals surface area contributed by atoms with E-state index >= 15 is 0 Å². The van der Waals surface area contributed by atoms with Gasteiger partial charge in [0.15, 0.2) is 0 Å². The quantitative estimate of drug-likeness (QED) is 0.338. The van der Waals surface area contributed by atoms with Gasteiger partial charge in [-0.1, -0.05) is 35.9 Å². The third-order valence-corrected chi connectivity index (χ3v) is 6.12. The summed E-state index contributed by atoms with van der Waals surface area (Å²) in [5.74, 6) is 0.955. The third kappa shape index (κ3) is 5.07. The number of piperazine rings is 1. The van der Waals surface area contributed by atoms with Crippen molar-refractivity contribution in [2.75, 3.05) is 31.1 Å². The van der Waals surface area contributed by atoms with Gasteiger partial charge in [0.05, 0.1) is 16.7 Å². The van der Waals surface area contributed by atoms with E-state index in [2.05, 4.69) is 49.9 Å². The highest BCUT2D eigenvalue weighted by Crippen LogP contribution is 2.32. The van der Waals surface area contributed by atoms with Crippen LogP contribution >= 0.6 is 23.2 Å². The maximum absolute atomic E-state index is 9.86. The number of hydrogen-bond acceptors (Lipinski definition) is 5. The molecule has 0 aromatic carbocycles. The zero-order valence-electron chi connectivity index (χ0n) is 18.8. The molecule has 0 saturated carbocycles. The summed E-state index contributed by atoms with van der Waals surface area (Å²) in [4.78, 5) is 14.6. The fourth-order valence-corrected chi connectivity index (χ4v) is 4.53. The second-order valence-corrected chi connectivity index (χ2v) is 8.81. The van der Waals surface area contributed by atoms with Gasteiger partial charge in [-0.15, -0.1) is 0 Å². The van der Waals surface area contributed by atoms with Crippen LogP contribution < -0.4 is 10.2 Å². The van der Waals surface area contributed by atoms with Crippen LogP contribution in [0, 0.1) is 11.3 Å². The van der Waals surface area contributed by atoms with Gasteiger partial charge in [0.25, 0.3) is 0 Å². The van der Waals surface area contributed by atoms with E-state index < -0.39 is 0 Å². The smallest absolute Gasteiger partial charge is 0.137 e. The molecule has 4 rings (SSSR count). The number of nitrogens with zero attached hydrogens (tertiary/aromatic N) is 4. The number of fused-ring (bicyclic) bond motifs is 1. The van der Waals surface area contributed by atoms with Crippen LogP contribution in [0.1, 0.15) is 12.5 Å². The SMILES string of the molecule is C=C\C=C(Cl)/C(C(/C#N)=C/c1c[nH]c2ncc(-c3ccnc(N4CCNCC4)c3)cc12)=C(\C)Cl. The van der Waals surface area contributed by atoms with Crippen molar-refractivity contribution >= 4 is 46.1 Å². The molecule has 0 aliphatic carbocycles. The van der Waals surface area contributed by atoms with Crippen LogP contribution in [0.4, 0.5) is 5.82 Å². The Balaban J connectivity index is 1.75. The first-order chi connectivity index (χ1) is 16.5. The Morgan fingerprint density at radius 1 is 1.21 bits per heavy atom. The van der Waals surface area contributed by atoms with E-state index in [0.29, 0.717) is 21.2 Å². The van der Waals surface area contributed by atoms with Gasteiger partial charge >= 0.3 is 0 Å². The minimum atomic E-state index is 0.353. The summed E-state index contributed by atoms with van der Waals surface area (Å²) < 4.78 is 0. The number of allylic oxidation sites excluding steroid dienone is 6. The van der Waals surface area contributed by atoms with Crippen molar-refractivity contribution in [2.24, 2.45) is 0 Å². The predicted molar refractivity (Wildman–Crippen MR) is 141 cm³/mol. The van der Waals surface area contributed by atoms with Crippen molar-refractivity contribution in [3.8, 4) is 17.2 Å². The molecule has 4 heterocycles. The minimum absolute atomic E-state index is 0.353. The Morgan fingerprint density at radius 2 is 2.00 bits per heavy atom.